The van der Waals surface area contributed by atoms with Gasteiger partial charge in [-0.3, -0.25) is 4.79 Å². The molecule has 0 radical (unpaired) electrons. The number of carbonyl (C=O) groups excluding carboxylic acids is 1. The zero-order valence-corrected chi connectivity index (χ0v) is 6.48. The predicted octanol–water partition coefficient (Wildman–Crippen LogP) is 0.434. The van der Waals surface area contributed by atoms with Crippen molar-refractivity contribution in [2.45, 2.75) is 13.3 Å². The van der Waals surface area contributed by atoms with Gasteiger partial charge in [-0.1, -0.05) is 12.8 Å². The highest BCUT2D eigenvalue weighted by atomic mass is 16.1. The fourth-order valence-corrected chi connectivity index (χ4v) is 0.695. The molecule has 0 aliphatic rings. The lowest BCUT2D eigenvalue weighted by atomic mass is 10.0. The number of carbonyl (C=O) groups is 1. The molecule has 10 heavy (non-hydrogen) atoms. The van der Waals surface area contributed by atoms with Crippen molar-refractivity contribution in [2.75, 3.05) is 13.6 Å². The fraction of sp³-hybridized carbons (Fsp3) is 0.625. The summed E-state index contributed by atoms with van der Waals surface area (Å²) in [6, 6.07) is 0. The minimum atomic E-state index is 0.0426. The van der Waals surface area contributed by atoms with E-state index in [0.29, 0.717) is 6.54 Å². The maximum absolute atomic E-state index is 11.0. The van der Waals surface area contributed by atoms with Crippen LogP contribution in [0.2, 0.25) is 0 Å². The van der Waals surface area contributed by atoms with E-state index in [2.05, 4.69) is 11.2 Å². The number of rotatable bonds is 4. The number of terminal acetylenes is 1. The third-order valence-corrected chi connectivity index (χ3v) is 1.34. The Morgan fingerprint density at radius 2 is 2.40 bits per heavy atom. The van der Waals surface area contributed by atoms with E-state index in [1.165, 1.54) is 0 Å². The van der Waals surface area contributed by atoms with Gasteiger partial charge in [-0.05, 0) is 7.05 Å². The Morgan fingerprint density at radius 1 is 1.80 bits per heavy atom. The van der Waals surface area contributed by atoms with Crippen LogP contribution >= 0.6 is 0 Å². The Morgan fingerprint density at radius 3 is 2.80 bits per heavy atom. The van der Waals surface area contributed by atoms with Gasteiger partial charge in [-0.25, -0.2) is 0 Å². The fourth-order valence-electron chi connectivity index (χ4n) is 0.695. The first kappa shape index (κ1) is 9.19. The van der Waals surface area contributed by atoms with Gasteiger partial charge in [0.05, 0.1) is 6.42 Å². The maximum Gasteiger partial charge on any atom is 0.148 e. The maximum atomic E-state index is 11.0. The van der Waals surface area contributed by atoms with Gasteiger partial charge in [0.25, 0.3) is 0 Å². The first-order chi connectivity index (χ1) is 4.72. The molecule has 0 aliphatic heterocycles. The second-order valence-corrected chi connectivity index (χ2v) is 2.31. The van der Waals surface area contributed by atoms with Gasteiger partial charge in [0.15, 0.2) is 0 Å². The molecule has 1 unspecified atom stereocenters. The monoisotopic (exact) mass is 139 g/mol. The molecule has 0 heterocycles. The van der Waals surface area contributed by atoms with E-state index in [1.807, 2.05) is 14.0 Å². The number of hydrogen-bond donors (Lipinski definition) is 1. The Balaban J connectivity index is 3.62. The van der Waals surface area contributed by atoms with E-state index in [0.717, 1.165) is 0 Å². The molecule has 0 aromatic rings. The van der Waals surface area contributed by atoms with Crippen LogP contribution in [0.25, 0.3) is 0 Å². The Kier molecular flexibility index (Phi) is 4.61. The van der Waals surface area contributed by atoms with Gasteiger partial charge >= 0.3 is 0 Å². The molecular weight excluding hydrogens is 126 g/mol. The van der Waals surface area contributed by atoms with Gasteiger partial charge in [0.1, 0.15) is 5.78 Å². The highest BCUT2D eigenvalue weighted by Gasteiger charge is 2.08. The molecule has 0 fully saturated rings. The first-order valence-corrected chi connectivity index (χ1v) is 3.33. The van der Waals surface area contributed by atoms with Gasteiger partial charge in [-0.15, -0.1) is 6.42 Å². The largest absolute Gasteiger partial charge is 0.319 e. The summed E-state index contributed by atoms with van der Waals surface area (Å²) in [7, 11) is 1.82. The third kappa shape index (κ3) is 3.26. The summed E-state index contributed by atoms with van der Waals surface area (Å²) in [5, 5.41) is 2.92. The summed E-state index contributed by atoms with van der Waals surface area (Å²) >= 11 is 0. The molecule has 2 nitrogen and oxygen atoms in total. The van der Waals surface area contributed by atoms with E-state index in [4.69, 9.17) is 6.42 Å². The summed E-state index contributed by atoms with van der Waals surface area (Å²) in [5.74, 6) is 2.51. The second-order valence-electron chi connectivity index (χ2n) is 2.31. The normalized spacial score (nSPS) is 12.1. The lowest BCUT2D eigenvalue weighted by molar-refractivity contribution is -0.121. The van der Waals surface area contributed by atoms with Crippen molar-refractivity contribution in [1.82, 2.24) is 5.32 Å². The zero-order chi connectivity index (χ0) is 7.98. The molecule has 0 amide bonds. The molecule has 0 aliphatic carbocycles. The van der Waals surface area contributed by atoms with Gasteiger partial charge < -0.3 is 5.32 Å². The molecule has 56 valence electrons. The topological polar surface area (TPSA) is 29.1 Å². The summed E-state index contributed by atoms with van der Waals surface area (Å²) in [6.45, 7) is 2.58. The van der Waals surface area contributed by atoms with E-state index in [1.54, 1.807) is 0 Å². The molecule has 1 atom stereocenters. The van der Waals surface area contributed by atoms with E-state index < -0.39 is 0 Å². The van der Waals surface area contributed by atoms with Crippen molar-refractivity contribution in [3.05, 3.63) is 0 Å². The van der Waals surface area contributed by atoms with E-state index in [9.17, 15) is 4.79 Å². The van der Waals surface area contributed by atoms with Crippen LogP contribution in [0.3, 0.4) is 0 Å². The summed E-state index contributed by atoms with van der Waals surface area (Å²) < 4.78 is 0. The van der Waals surface area contributed by atoms with Gasteiger partial charge in [0.2, 0.25) is 0 Å². The highest BCUT2D eigenvalue weighted by Crippen LogP contribution is 1.97. The standard InChI is InChI=1S/C8H13NO/c1-4-5-8(10)7(2)6-9-3/h1,7,9H,5-6H2,2-3H3. The molecule has 0 spiro atoms. The molecule has 1 N–H and O–H groups in total. The lowest BCUT2D eigenvalue weighted by Gasteiger charge is -2.05. The molecule has 0 rings (SSSR count). The summed E-state index contributed by atoms with van der Waals surface area (Å²) in [4.78, 5) is 11.0. The summed E-state index contributed by atoms with van der Waals surface area (Å²) in [6.07, 6.45) is 5.22. The van der Waals surface area contributed by atoms with E-state index in [-0.39, 0.29) is 18.1 Å². The lowest BCUT2D eigenvalue weighted by Crippen LogP contribution is -2.23. The quantitative estimate of drug-likeness (QED) is 0.572. The Bertz CT molecular complexity index is 146. The van der Waals surface area contributed by atoms with Crippen LogP contribution in [0.15, 0.2) is 0 Å². The average Bonchev–Trinajstić information content (AvgIpc) is 1.89. The van der Waals surface area contributed by atoms with Crippen LogP contribution in [0.4, 0.5) is 0 Å². The number of Topliss-reactive ketones (excluding diaryl/α,β-unsaturated/α-hetero) is 1. The van der Waals surface area contributed by atoms with Crippen molar-refractivity contribution in [3.8, 4) is 12.3 Å². The number of nitrogens with one attached hydrogen (secondary N) is 1. The van der Waals surface area contributed by atoms with Gasteiger partial charge in [0, 0.05) is 12.5 Å². The van der Waals surface area contributed by atoms with E-state index >= 15 is 0 Å². The highest BCUT2D eigenvalue weighted by molar-refractivity contribution is 5.82. The molecule has 0 saturated heterocycles. The van der Waals surface area contributed by atoms with Crippen molar-refractivity contribution < 1.29 is 4.79 Å². The van der Waals surface area contributed by atoms with Crippen molar-refractivity contribution >= 4 is 5.78 Å². The van der Waals surface area contributed by atoms with Crippen LogP contribution < -0.4 is 5.32 Å². The average molecular weight is 139 g/mol. The van der Waals surface area contributed by atoms with Crippen LogP contribution in [0.1, 0.15) is 13.3 Å². The SMILES string of the molecule is C#CCC(=O)C(C)CNC. The van der Waals surface area contributed by atoms with Crippen LogP contribution in [0, 0.1) is 18.3 Å². The molecule has 0 aromatic carbocycles. The summed E-state index contributed by atoms with van der Waals surface area (Å²) in [5.41, 5.74) is 0. The zero-order valence-electron chi connectivity index (χ0n) is 6.48. The van der Waals surface area contributed by atoms with Crippen molar-refractivity contribution in [1.29, 1.82) is 0 Å². The first-order valence-electron chi connectivity index (χ1n) is 3.33. The molecular formula is C8H13NO. The smallest absolute Gasteiger partial charge is 0.148 e. The molecule has 2 heteroatoms. The van der Waals surface area contributed by atoms with Crippen LogP contribution in [-0.4, -0.2) is 19.4 Å². The van der Waals surface area contributed by atoms with Crippen LogP contribution in [-0.2, 0) is 4.79 Å². The van der Waals surface area contributed by atoms with Crippen LogP contribution in [0.5, 0.6) is 0 Å². The minimum Gasteiger partial charge on any atom is -0.319 e. The molecule has 0 bridgehead atoms. The Hall–Kier alpha value is -0.810. The van der Waals surface area contributed by atoms with Crippen molar-refractivity contribution in [3.63, 3.8) is 0 Å². The van der Waals surface area contributed by atoms with Crippen molar-refractivity contribution in [2.24, 2.45) is 5.92 Å². The molecule has 0 aromatic heterocycles. The third-order valence-electron chi connectivity index (χ3n) is 1.34. The minimum absolute atomic E-state index is 0.0426. The Labute approximate surface area is 62.0 Å². The second kappa shape index (κ2) is 5.01. The number of ketones is 1. The molecule has 0 saturated carbocycles. The predicted molar refractivity (Wildman–Crippen MR) is 41.5 cm³/mol. The number of hydrogen-bond acceptors (Lipinski definition) is 2. The van der Waals surface area contributed by atoms with Gasteiger partial charge in [-0.2, -0.15) is 0 Å².